The monoisotopic (exact) mass is 273 g/mol. The quantitative estimate of drug-likeness (QED) is 0.429. The van der Waals surface area contributed by atoms with E-state index < -0.39 is 0 Å². The lowest BCUT2D eigenvalue weighted by molar-refractivity contribution is 0.429. The molecule has 112 valence electrons. The molecule has 2 atom stereocenters. The van der Waals surface area contributed by atoms with Crippen LogP contribution in [0.15, 0.2) is 36.0 Å². The van der Waals surface area contributed by atoms with Crippen LogP contribution in [0.5, 0.6) is 0 Å². The summed E-state index contributed by atoms with van der Waals surface area (Å²) in [4.78, 5) is 0. The Labute approximate surface area is 125 Å². The van der Waals surface area contributed by atoms with E-state index in [0.717, 1.165) is 43.6 Å². The molecule has 0 radical (unpaired) electrons. The lowest BCUT2D eigenvalue weighted by Crippen LogP contribution is -2.14. The molecule has 1 rings (SSSR count). The van der Waals surface area contributed by atoms with E-state index in [1.165, 1.54) is 18.4 Å². The first-order valence-corrected chi connectivity index (χ1v) is 8.18. The van der Waals surface area contributed by atoms with Crippen LogP contribution in [0.1, 0.15) is 65.7 Å². The van der Waals surface area contributed by atoms with Gasteiger partial charge in [-0.15, -0.1) is 0 Å². The standard InChI is InChI=1S/C19H31N/c1-5-11-15(2)14-16(3)17(4)19(20)18-12-9-7-6-8-10-13-18/h6-7,12,15-16,20H,4-5,8-11,13-14H2,1-3H3. The molecule has 0 aromatic heterocycles. The van der Waals surface area contributed by atoms with Crippen LogP contribution >= 0.6 is 0 Å². The van der Waals surface area contributed by atoms with Gasteiger partial charge in [-0.3, -0.25) is 0 Å². The predicted octanol–water partition coefficient (Wildman–Crippen LogP) is 6.08. The molecule has 0 saturated carbocycles. The molecule has 1 nitrogen and oxygen atoms in total. The minimum Gasteiger partial charge on any atom is -0.300 e. The van der Waals surface area contributed by atoms with Gasteiger partial charge in [-0.2, -0.15) is 0 Å². The Bertz CT molecular complexity index is 387. The van der Waals surface area contributed by atoms with Gasteiger partial charge in [0, 0.05) is 0 Å². The van der Waals surface area contributed by atoms with Crippen molar-refractivity contribution in [2.75, 3.05) is 0 Å². The first-order valence-electron chi connectivity index (χ1n) is 8.18. The van der Waals surface area contributed by atoms with Crippen LogP contribution in [0.3, 0.4) is 0 Å². The molecule has 0 aromatic rings. The first kappa shape index (κ1) is 16.9. The smallest absolute Gasteiger partial charge is 0.0597 e. The summed E-state index contributed by atoms with van der Waals surface area (Å²) in [6, 6.07) is 0. The Morgan fingerprint density at radius 2 is 2.10 bits per heavy atom. The van der Waals surface area contributed by atoms with Crippen LogP contribution in [0.2, 0.25) is 0 Å². The van der Waals surface area contributed by atoms with Crippen LogP contribution in [-0.4, -0.2) is 5.71 Å². The highest BCUT2D eigenvalue weighted by Gasteiger charge is 2.17. The highest BCUT2D eigenvalue weighted by molar-refractivity contribution is 6.10. The zero-order chi connectivity index (χ0) is 15.0. The van der Waals surface area contributed by atoms with Crippen LogP contribution in [-0.2, 0) is 0 Å². The van der Waals surface area contributed by atoms with E-state index in [4.69, 9.17) is 5.41 Å². The van der Waals surface area contributed by atoms with Crippen molar-refractivity contribution in [3.63, 3.8) is 0 Å². The van der Waals surface area contributed by atoms with E-state index in [9.17, 15) is 0 Å². The van der Waals surface area contributed by atoms with Crippen molar-refractivity contribution in [1.82, 2.24) is 0 Å². The fourth-order valence-corrected chi connectivity index (χ4v) is 2.97. The maximum atomic E-state index is 8.44. The van der Waals surface area contributed by atoms with Gasteiger partial charge in [0.1, 0.15) is 0 Å². The van der Waals surface area contributed by atoms with E-state index in [2.05, 4.69) is 45.6 Å². The van der Waals surface area contributed by atoms with E-state index in [-0.39, 0.29) is 0 Å². The molecular formula is C19H31N. The summed E-state index contributed by atoms with van der Waals surface area (Å²) < 4.78 is 0. The maximum absolute atomic E-state index is 8.44. The average Bonchev–Trinajstić information content (AvgIpc) is 2.37. The molecule has 0 heterocycles. The normalized spacial score (nSPS) is 18.6. The number of hydrogen-bond acceptors (Lipinski definition) is 1. The number of nitrogens with one attached hydrogen (secondary N) is 1. The lowest BCUT2D eigenvalue weighted by Gasteiger charge is -2.21. The molecule has 1 aliphatic carbocycles. The SMILES string of the molecule is C=C(C(=N)C1=CCC=CCCC1)C(C)CC(C)CCC. The Hall–Kier alpha value is -1.11. The van der Waals surface area contributed by atoms with Crippen LogP contribution in [0.4, 0.5) is 0 Å². The minimum absolute atomic E-state index is 0.422. The summed E-state index contributed by atoms with van der Waals surface area (Å²) >= 11 is 0. The predicted molar refractivity (Wildman–Crippen MR) is 90.4 cm³/mol. The summed E-state index contributed by atoms with van der Waals surface area (Å²) in [6.07, 6.45) is 14.6. The Kier molecular flexibility index (Phi) is 7.58. The zero-order valence-corrected chi connectivity index (χ0v) is 13.5. The Balaban J connectivity index is 2.60. The molecule has 0 bridgehead atoms. The molecule has 0 amide bonds. The second-order valence-corrected chi connectivity index (χ2v) is 6.26. The van der Waals surface area contributed by atoms with Crippen LogP contribution in [0, 0.1) is 17.2 Å². The Morgan fingerprint density at radius 3 is 2.80 bits per heavy atom. The van der Waals surface area contributed by atoms with Crippen LogP contribution in [0.25, 0.3) is 0 Å². The van der Waals surface area contributed by atoms with Gasteiger partial charge in [-0.25, -0.2) is 0 Å². The average molecular weight is 273 g/mol. The highest BCUT2D eigenvalue weighted by atomic mass is 14.4. The molecule has 2 unspecified atom stereocenters. The van der Waals surface area contributed by atoms with Crippen molar-refractivity contribution in [2.24, 2.45) is 11.8 Å². The summed E-state index contributed by atoms with van der Waals surface area (Å²) in [6.45, 7) is 11.0. The number of allylic oxidation sites excluding steroid dienone is 5. The molecule has 0 spiro atoms. The summed E-state index contributed by atoms with van der Waals surface area (Å²) in [5.41, 5.74) is 2.94. The van der Waals surface area contributed by atoms with Gasteiger partial charge < -0.3 is 5.41 Å². The highest BCUT2D eigenvalue weighted by Crippen LogP contribution is 2.26. The van der Waals surface area contributed by atoms with Gasteiger partial charge in [0.15, 0.2) is 0 Å². The second kappa shape index (κ2) is 8.94. The van der Waals surface area contributed by atoms with Crippen molar-refractivity contribution < 1.29 is 0 Å². The van der Waals surface area contributed by atoms with E-state index in [1.807, 2.05) is 0 Å². The van der Waals surface area contributed by atoms with Crippen LogP contribution < -0.4 is 0 Å². The van der Waals surface area contributed by atoms with E-state index >= 15 is 0 Å². The number of rotatable bonds is 7. The second-order valence-electron chi connectivity index (χ2n) is 6.26. The van der Waals surface area contributed by atoms with Gasteiger partial charge in [0.05, 0.1) is 5.71 Å². The third kappa shape index (κ3) is 5.48. The van der Waals surface area contributed by atoms with Crippen molar-refractivity contribution in [1.29, 1.82) is 5.41 Å². The van der Waals surface area contributed by atoms with Gasteiger partial charge in [0.25, 0.3) is 0 Å². The molecule has 1 N–H and O–H groups in total. The van der Waals surface area contributed by atoms with Gasteiger partial charge in [-0.05, 0) is 55.1 Å². The van der Waals surface area contributed by atoms with Crippen molar-refractivity contribution in [2.45, 2.75) is 65.7 Å². The molecule has 1 aliphatic rings. The molecule has 0 saturated heterocycles. The fraction of sp³-hybridized carbons (Fsp3) is 0.632. The summed E-state index contributed by atoms with van der Waals surface area (Å²) in [5.74, 6) is 1.15. The third-order valence-corrected chi connectivity index (χ3v) is 4.26. The first-order chi connectivity index (χ1) is 9.56. The molecule has 0 aromatic carbocycles. The van der Waals surface area contributed by atoms with Gasteiger partial charge in [0.2, 0.25) is 0 Å². The molecule has 20 heavy (non-hydrogen) atoms. The van der Waals surface area contributed by atoms with E-state index in [0.29, 0.717) is 11.6 Å². The number of hydrogen-bond donors (Lipinski definition) is 1. The lowest BCUT2D eigenvalue weighted by atomic mass is 9.84. The topological polar surface area (TPSA) is 23.9 Å². The van der Waals surface area contributed by atoms with Crippen molar-refractivity contribution in [3.8, 4) is 0 Å². The summed E-state index contributed by atoms with van der Waals surface area (Å²) in [7, 11) is 0. The summed E-state index contributed by atoms with van der Waals surface area (Å²) in [5, 5.41) is 8.44. The van der Waals surface area contributed by atoms with E-state index in [1.54, 1.807) is 0 Å². The van der Waals surface area contributed by atoms with Crippen molar-refractivity contribution >= 4 is 5.71 Å². The molecule has 0 aliphatic heterocycles. The largest absolute Gasteiger partial charge is 0.300 e. The molecule has 1 heteroatoms. The minimum atomic E-state index is 0.422. The fourth-order valence-electron chi connectivity index (χ4n) is 2.97. The zero-order valence-electron chi connectivity index (χ0n) is 13.5. The maximum Gasteiger partial charge on any atom is 0.0597 e. The third-order valence-electron chi connectivity index (χ3n) is 4.26. The molecule has 0 fully saturated rings. The van der Waals surface area contributed by atoms with Gasteiger partial charge in [-0.1, -0.05) is 58.4 Å². The molecular weight excluding hydrogens is 242 g/mol. The van der Waals surface area contributed by atoms with Gasteiger partial charge >= 0.3 is 0 Å². The Morgan fingerprint density at radius 1 is 1.35 bits per heavy atom. The van der Waals surface area contributed by atoms with Crippen molar-refractivity contribution in [3.05, 3.63) is 36.0 Å².